The minimum atomic E-state index is -0.978. The molecule has 0 saturated heterocycles. The second-order valence-electron chi connectivity index (χ2n) is 3.76. The molecular formula is C12H13N3O4. The molecule has 0 amide bonds. The van der Waals surface area contributed by atoms with Gasteiger partial charge in [-0.15, -0.1) is 5.10 Å². The number of hydrogen-bond donors (Lipinski definition) is 1. The maximum Gasteiger partial charge on any atom is 0.325 e. The number of rotatable bonds is 5. The van der Waals surface area contributed by atoms with Gasteiger partial charge in [-0.2, -0.15) is 0 Å². The molecule has 0 aliphatic carbocycles. The maximum atomic E-state index is 10.6. The Morgan fingerprint density at radius 3 is 2.79 bits per heavy atom. The van der Waals surface area contributed by atoms with Crippen molar-refractivity contribution in [2.75, 3.05) is 14.2 Å². The predicted octanol–water partition coefficient (Wildman–Crippen LogP) is 1.05. The molecule has 1 aromatic heterocycles. The number of ether oxygens (including phenoxy) is 2. The van der Waals surface area contributed by atoms with Gasteiger partial charge in [-0.05, 0) is 18.2 Å². The van der Waals surface area contributed by atoms with Gasteiger partial charge in [0.2, 0.25) is 0 Å². The van der Waals surface area contributed by atoms with Crippen LogP contribution in [0.15, 0.2) is 24.4 Å². The van der Waals surface area contributed by atoms with E-state index in [9.17, 15) is 4.79 Å². The van der Waals surface area contributed by atoms with Crippen molar-refractivity contribution < 1.29 is 19.4 Å². The number of aliphatic carboxylic acids is 1. The topological polar surface area (TPSA) is 86.5 Å². The Morgan fingerprint density at radius 2 is 2.16 bits per heavy atom. The zero-order chi connectivity index (χ0) is 13.8. The zero-order valence-corrected chi connectivity index (χ0v) is 10.5. The molecule has 1 aromatic carbocycles. The van der Waals surface area contributed by atoms with E-state index in [4.69, 9.17) is 14.6 Å². The molecule has 100 valence electrons. The van der Waals surface area contributed by atoms with Crippen LogP contribution in [0.3, 0.4) is 0 Å². The molecular weight excluding hydrogens is 250 g/mol. The summed E-state index contributed by atoms with van der Waals surface area (Å²) in [5.74, 6) is 0.292. The molecule has 0 unspecified atom stereocenters. The number of benzene rings is 1. The minimum Gasteiger partial charge on any atom is -0.497 e. The SMILES string of the molecule is COc1ccc(OC)c(-c2cn(CC(=O)O)nn2)c1. The first-order chi connectivity index (χ1) is 9.13. The van der Waals surface area contributed by atoms with Crippen molar-refractivity contribution in [1.82, 2.24) is 15.0 Å². The molecule has 0 saturated carbocycles. The fraction of sp³-hybridized carbons (Fsp3) is 0.250. The van der Waals surface area contributed by atoms with Crippen LogP contribution in [-0.2, 0) is 11.3 Å². The lowest BCUT2D eigenvalue weighted by atomic mass is 10.1. The van der Waals surface area contributed by atoms with Gasteiger partial charge in [-0.3, -0.25) is 4.79 Å². The van der Waals surface area contributed by atoms with Gasteiger partial charge in [0.25, 0.3) is 0 Å². The summed E-state index contributed by atoms with van der Waals surface area (Å²) >= 11 is 0. The number of aromatic nitrogens is 3. The monoisotopic (exact) mass is 263 g/mol. The lowest BCUT2D eigenvalue weighted by Gasteiger charge is -2.07. The molecule has 0 aliphatic rings. The van der Waals surface area contributed by atoms with Crippen LogP contribution in [0.1, 0.15) is 0 Å². The van der Waals surface area contributed by atoms with Gasteiger partial charge in [-0.1, -0.05) is 5.21 Å². The molecule has 0 radical (unpaired) electrons. The van der Waals surface area contributed by atoms with Crippen LogP contribution in [0.5, 0.6) is 11.5 Å². The van der Waals surface area contributed by atoms with Gasteiger partial charge in [0.1, 0.15) is 23.7 Å². The average Bonchev–Trinajstić information content (AvgIpc) is 2.85. The standard InChI is InChI=1S/C12H13N3O4/c1-18-8-3-4-11(19-2)9(5-8)10-6-15(14-13-10)7-12(16)17/h3-6H,7H2,1-2H3,(H,16,17). The van der Waals surface area contributed by atoms with Gasteiger partial charge in [-0.25, -0.2) is 4.68 Å². The Bertz CT molecular complexity index is 594. The lowest BCUT2D eigenvalue weighted by Crippen LogP contribution is -2.08. The first kappa shape index (κ1) is 12.9. The highest BCUT2D eigenvalue weighted by atomic mass is 16.5. The van der Waals surface area contributed by atoms with E-state index in [1.807, 2.05) is 0 Å². The van der Waals surface area contributed by atoms with Gasteiger partial charge >= 0.3 is 5.97 Å². The van der Waals surface area contributed by atoms with Crippen LogP contribution in [0.2, 0.25) is 0 Å². The lowest BCUT2D eigenvalue weighted by molar-refractivity contribution is -0.137. The van der Waals surface area contributed by atoms with E-state index in [2.05, 4.69) is 10.3 Å². The van der Waals surface area contributed by atoms with E-state index in [1.54, 1.807) is 38.6 Å². The Kier molecular flexibility index (Phi) is 3.65. The van der Waals surface area contributed by atoms with Crippen LogP contribution in [0.25, 0.3) is 11.3 Å². The molecule has 0 spiro atoms. The van der Waals surface area contributed by atoms with Crippen LogP contribution < -0.4 is 9.47 Å². The second kappa shape index (κ2) is 5.38. The minimum absolute atomic E-state index is 0.237. The fourth-order valence-corrected chi connectivity index (χ4v) is 1.65. The van der Waals surface area contributed by atoms with Crippen molar-refractivity contribution in [1.29, 1.82) is 0 Å². The molecule has 1 heterocycles. The summed E-state index contributed by atoms with van der Waals surface area (Å²) in [5.41, 5.74) is 1.22. The van der Waals surface area contributed by atoms with Crippen molar-refractivity contribution in [3.8, 4) is 22.8 Å². The highest BCUT2D eigenvalue weighted by Crippen LogP contribution is 2.31. The molecule has 1 N–H and O–H groups in total. The molecule has 0 bridgehead atoms. The van der Waals surface area contributed by atoms with Crippen LogP contribution in [-0.4, -0.2) is 40.3 Å². The largest absolute Gasteiger partial charge is 0.497 e. The predicted molar refractivity (Wildman–Crippen MR) is 66.2 cm³/mol. The van der Waals surface area contributed by atoms with Gasteiger partial charge in [0.05, 0.1) is 20.4 Å². The van der Waals surface area contributed by atoms with E-state index in [0.29, 0.717) is 22.8 Å². The second-order valence-corrected chi connectivity index (χ2v) is 3.76. The highest BCUT2D eigenvalue weighted by Gasteiger charge is 2.12. The van der Waals surface area contributed by atoms with E-state index >= 15 is 0 Å². The molecule has 19 heavy (non-hydrogen) atoms. The molecule has 0 atom stereocenters. The Hall–Kier alpha value is -2.57. The summed E-state index contributed by atoms with van der Waals surface area (Å²) in [7, 11) is 3.11. The highest BCUT2D eigenvalue weighted by molar-refractivity contribution is 5.69. The number of methoxy groups -OCH3 is 2. The molecule has 2 aromatic rings. The number of carboxylic acids is 1. The van der Waals surface area contributed by atoms with Crippen molar-refractivity contribution in [3.63, 3.8) is 0 Å². The first-order valence-corrected chi connectivity index (χ1v) is 5.48. The van der Waals surface area contributed by atoms with E-state index in [-0.39, 0.29) is 6.54 Å². The van der Waals surface area contributed by atoms with Crippen molar-refractivity contribution in [2.24, 2.45) is 0 Å². The van der Waals surface area contributed by atoms with Crippen LogP contribution in [0, 0.1) is 0 Å². The third-order valence-electron chi connectivity index (χ3n) is 2.52. The number of hydrogen-bond acceptors (Lipinski definition) is 5. The van der Waals surface area contributed by atoms with Gasteiger partial charge in [0, 0.05) is 5.56 Å². The smallest absolute Gasteiger partial charge is 0.325 e. The van der Waals surface area contributed by atoms with E-state index in [1.165, 1.54) is 4.68 Å². The quantitative estimate of drug-likeness (QED) is 0.867. The maximum absolute atomic E-state index is 10.6. The third-order valence-corrected chi connectivity index (χ3v) is 2.52. The Labute approximate surface area is 109 Å². The van der Waals surface area contributed by atoms with Gasteiger partial charge in [0.15, 0.2) is 0 Å². The number of carboxylic acid groups (broad SMARTS) is 1. The van der Waals surface area contributed by atoms with E-state index in [0.717, 1.165) is 0 Å². The Morgan fingerprint density at radius 1 is 1.37 bits per heavy atom. The van der Waals surface area contributed by atoms with Crippen molar-refractivity contribution >= 4 is 5.97 Å². The van der Waals surface area contributed by atoms with Crippen molar-refractivity contribution in [2.45, 2.75) is 6.54 Å². The van der Waals surface area contributed by atoms with Crippen molar-refractivity contribution in [3.05, 3.63) is 24.4 Å². The van der Waals surface area contributed by atoms with Crippen LogP contribution in [0.4, 0.5) is 0 Å². The van der Waals surface area contributed by atoms with Gasteiger partial charge < -0.3 is 14.6 Å². The summed E-state index contributed by atoms with van der Waals surface area (Å²) in [4.78, 5) is 10.6. The first-order valence-electron chi connectivity index (χ1n) is 5.48. The third kappa shape index (κ3) is 2.82. The zero-order valence-electron chi connectivity index (χ0n) is 10.5. The average molecular weight is 263 g/mol. The van der Waals surface area contributed by atoms with E-state index < -0.39 is 5.97 Å². The molecule has 0 aliphatic heterocycles. The summed E-state index contributed by atoms with van der Waals surface area (Å²) in [6.07, 6.45) is 1.55. The fourth-order valence-electron chi connectivity index (χ4n) is 1.65. The Balaban J connectivity index is 2.39. The molecule has 7 heteroatoms. The molecule has 7 nitrogen and oxygen atoms in total. The number of nitrogens with zero attached hydrogens (tertiary/aromatic N) is 3. The number of carbonyl (C=O) groups is 1. The summed E-state index contributed by atoms with van der Waals surface area (Å²) in [6, 6.07) is 5.28. The molecule has 2 rings (SSSR count). The van der Waals surface area contributed by atoms with Crippen LogP contribution >= 0.6 is 0 Å². The summed E-state index contributed by atoms with van der Waals surface area (Å²) in [5, 5.41) is 16.4. The molecule has 0 fully saturated rings. The normalized spacial score (nSPS) is 10.2. The summed E-state index contributed by atoms with van der Waals surface area (Å²) in [6.45, 7) is -0.237. The summed E-state index contributed by atoms with van der Waals surface area (Å²) < 4.78 is 11.6.